The zero-order chi connectivity index (χ0) is 15.5. The minimum absolute atomic E-state index is 0.535. The summed E-state index contributed by atoms with van der Waals surface area (Å²) >= 11 is 0. The molecule has 0 saturated heterocycles. The highest BCUT2D eigenvalue weighted by Gasteiger charge is 2.42. The Morgan fingerprint density at radius 3 is 1.67 bits per heavy atom. The van der Waals surface area contributed by atoms with Crippen LogP contribution in [0.1, 0.15) is 24.0 Å². The van der Waals surface area contributed by atoms with Gasteiger partial charge in [-0.05, 0) is 18.1 Å². The van der Waals surface area contributed by atoms with Gasteiger partial charge in [0.15, 0.2) is 11.3 Å². The van der Waals surface area contributed by atoms with Gasteiger partial charge in [0.05, 0.1) is 5.92 Å². The molecule has 108 valence electrons. The first kappa shape index (κ1) is 14.9. The predicted molar refractivity (Wildman–Crippen MR) is 80.0 cm³/mol. The quantitative estimate of drug-likeness (QED) is 0.824. The molecule has 1 atom stereocenters. The van der Waals surface area contributed by atoms with Gasteiger partial charge in [-0.3, -0.25) is 4.79 Å². The average molecular weight is 283 g/mol. The Hall–Kier alpha value is -2.46. The van der Waals surface area contributed by atoms with Crippen LogP contribution >= 0.6 is 0 Å². The van der Waals surface area contributed by atoms with Crippen LogP contribution in [-0.2, 0) is 9.59 Å². The number of benzene rings is 2. The maximum Gasteiger partial charge on any atom is 0.331 e. The first-order valence-corrected chi connectivity index (χ1v) is 6.61. The Morgan fingerprint density at radius 1 is 0.952 bits per heavy atom. The predicted octanol–water partition coefficient (Wildman–Crippen LogP) is 2.19. The lowest BCUT2D eigenvalue weighted by Crippen LogP contribution is -2.54. The molecule has 2 aromatic carbocycles. The van der Waals surface area contributed by atoms with Crippen LogP contribution in [0, 0.1) is 0 Å². The Kier molecular flexibility index (Phi) is 4.19. The molecule has 0 bridgehead atoms. The van der Waals surface area contributed by atoms with Gasteiger partial charge in [-0.1, -0.05) is 60.7 Å². The number of carbonyl (C=O) groups excluding carboxylic acids is 1. The Bertz CT molecular complexity index is 596. The second-order valence-electron chi connectivity index (χ2n) is 5.13. The highest BCUT2D eigenvalue weighted by molar-refractivity contribution is 6.11. The summed E-state index contributed by atoms with van der Waals surface area (Å²) in [6.45, 7) is 1.23. The van der Waals surface area contributed by atoms with E-state index in [0.29, 0.717) is 0 Å². The Morgan fingerprint density at radius 2 is 1.33 bits per heavy atom. The fourth-order valence-corrected chi connectivity index (χ4v) is 2.19. The van der Waals surface area contributed by atoms with Crippen LogP contribution in [0.5, 0.6) is 0 Å². The first-order valence-electron chi connectivity index (χ1n) is 6.61. The van der Waals surface area contributed by atoms with Gasteiger partial charge in [-0.25, -0.2) is 4.79 Å². The molecule has 0 aliphatic carbocycles. The maximum atomic E-state index is 12.7. The van der Waals surface area contributed by atoms with Crippen LogP contribution in [0.25, 0.3) is 0 Å². The highest BCUT2D eigenvalue weighted by Crippen LogP contribution is 2.29. The summed E-state index contributed by atoms with van der Waals surface area (Å²) in [4.78, 5) is 24.0. The number of carboxylic acids is 1. The zero-order valence-electron chi connectivity index (χ0n) is 11.7. The second kappa shape index (κ2) is 5.89. The smallest absolute Gasteiger partial charge is 0.331 e. The van der Waals surface area contributed by atoms with Gasteiger partial charge >= 0.3 is 5.97 Å². The van der Waals surface area contributed by atoms with Crippen molar-refractivity contribution in [2.24, 2.45) is 5.73 Å². The number of carbonyl (C=O) groups is 2. The molecule has 0 spiro atoms. The summed E-state index contributed by atoms with van der Waals surface area (Å²) in [5, 5.41) is 9.21. The number of aliphatic carboxylic acids is 1. The molecule has 0 aliphatic rings. The van der Waals surface area contributed by atoms with Crippen LogP contribution in [-0.4, -0.2) is 22.4 Å². The summed E-state index contributed by atoms with van der Waals surface area (Å²) in [5.74, 6) is -2.56. The Labute approximate surface area is 123 Å². The van der Waals surface area contributed by atoms with E-state index in [2.05, 4.69) is 0 Å². The van der Waals surface area contributed by atoms with Crippen LogP contribution in [0.3, 0.4) is 0 Å². The van der Waals surface area contributed by atoms with Gasteiger partial charge in [0.2, 0.25) is 0 Å². The van der Waals surface area contributed by atoms with Crippen LogP contribution < -0.4 is 5.73 Å². The molecule has 0 fully saturated rings. The standard InChI is InChI=1S/C17H17NO3/c1-17(18,16(20)21)15(19)14(12-8-4-2-5-9-12)13-10-6-3-7-11-13/h2-11,14H,18H2,1H3,(H,20,21)/t17-/m1/s1. The van der Waals surface area contributed by atoms with Crippen molar-refractivity contribution >= 4 is 11.8 Å². The number of nitrogens with two attached hydrogens (primary N) is 1. The molecule has 0 unspecified atom stereocenters. The fraction of sp³-hybridized carbons (Fsp3) is 0.176. The molecule has 2 rings (SSSR count). The third-order valence-electron chi connectivity index (χ3n) is 3.48. The molecule has 21 heavy (non-hydrogen) atoms. The van der Waals surface area contributed by atoms with Crippen molar-refractivity contribution in [1.29, 1.82) is 0 Å². The van der Waals surface area contributed by atoms with E-state index in [1.54, 1.807) is 24.3 Å². The molecule has 0 heterocycles. The average Bonchev–Trinajstić information content (AvgIpc) is 2.49. The summed E-state index contributed by atoms with van der Waals surface area (Å²) < 4.78 is 0. The minimum atomic E-state index is -1.93. The molecule has 0 aliphatic heterocycles. The largest absolute Gasteiger partial charge is 0.480 e. The second-order valence-corrected chi connectivity index (χ2v) is 5.13. The summed E-state index contributed by atoms with van der Waals surface area (Å²) in [7, 11) is 0. The normalized spacial score (nSPS) is 13.7. The van der Waals surface area contributed by atoms with Crippen molar-refractivity contribution in [1.82, 2.24) is 0 Å². The summed E-state index contributed by atoms with van der Waals surface area (Å²) in [6.07, 6.45) is 0. The van der Waals surface area contributed by atoms with Crippen molar-refractivity contribution in [2.45, 2.75) is 18.4 Å². The summed E-state index contributed by atoms with van der Waals surface area (Å²) in [5.41, 5.74) is 5.25. The third kappa shape index (κ3) is 3.01. The summed E-state index contributed by atoms with van der Waals surface area (Å²) in [6, 6.07) is 18.1. The maximum absolute atomic E-state index is 12.7. The van der Waals surface area contributed by atoms with Gasteiger partial charge in [-0.2, -0.15) is 0 Å². The topological polar surface area (TPSA) is 80.4 Å². The van der Waals surface area contributed by atoms with Gasteiger partial charge in [0, 0.05) is 0 Å². The van der Waals surface area contributed by atoms with Crippen LogP contribution in [0.2, 0.25) is 0 Å². The fourth-order valence-electron chi connectivity index (χ4n) is 2.19. The lowest BCUT2D eigenvalue weighted by Gasteiger charge is -2.25. The number of rotatable bonds is 5. The van der Waals surface area contributed by atoms with Crippen molar-refractivity contribution < 1.29 is 14.7 Å². The van der Waals surface area contributed by atoms with Crippen LogP contribution in [0.15, 0.2) is 60.7 Å². The van der Waals surface area contributed by atoms with Crippen molar-refractivity contribution in [3.63, 3.8) is 0 Å². The molecule has 0 amide bonds. The van der Waals surface area contributed by atoms with Crippen molar-refractivity contribution in [3.05, 3.63) is 71.8 Å². The van der Waals surface area contributed by atoms with Crippen molar-refractivity contribution in [2.75, 3.05) is 0 Å². The zero-order valence-corrected chi connectivity index (χ0v) is 11.7. The third-order valence-corrected chi connectivity index (χ3v) is 3.48. The van der Waals surface area contributed by atoms with E-state index in [-0.39, 0.29) is 0 Å². The van der Waals surface area contributed by atoms with E-state index in [9.17, 15) is 14.7 Å². The SMILES string of the molecule is C[C@](N)(C(=O)O)C(=O)C(c1ccccc1)c1ccccc1. The lowest BCUT2D eigenvalue weighted by molar-refractivity contribution is -0.147. The van der Waals surface area contributed by atoms with Crippen molar-refractivity contribution in [3.8, 4) is 0 Å². The van der Waals surface area contributed by atoms with Gasteiger partial charge in [-0.15, -0.1) is 0 Å². The molecule has 4 heteroatoms. The lowest BCUT2D eigenvalue weighted by atomic mass is 9.80. The van der Waals surface area contributed by atoms with E-state index in [4.69, 9.17) is 5.73 Å². The van der Waals surface area contributed by atoms with Crippen LogP contribution in [0.4, 0.5) is 0 Å². The van der Waals surface area contributed by atoms with E-state index in [1.807, 2.05) is 36.4 Å². The molecule has 4 nitrogen and oxygen atoms in total. The molecule has 0 aromatic heterocycles. The van der Waals surface area contributed by atoms with E-state index >= 15 is 0 Å². The minimum Gasteiger partial charge on any atom is -0.480 e. The monoisotopic (exact) mass is 283 g/mol. The molecular formula is C17H17NO3. The van der Waals surface area contributed by atoms with E-state index in [1.165, 1.54) is 6.92 Å². The highest BCUT2D eigenvalue weighted by atomic mass is 16.4. The molecule has 0 radical (unpaired) electrons. The van der Waals surface area contributed by atoms with E-state index < -0.39 is 23.2 Å². The number of Topliss-reactive ketones (excluding diaryl/α,β-unsaturated/α-hetero) is 1. The number of carboxylic acid groups (broad SMARTS) is 1. The van der Waals surface area contributed by atoms with E-state index in [0.717, 1.165) is 11.1 Å². The van der Waals surface area contributed by atoms with Gasteiger partial charge in [0.25, 0.3) is 0 Å². The molecular weight excluding hydrogens is 266 g/mol. The first-order chi connectivity index (χ1) is 9.94. The Balaban J connectivity index is 2.53. The number of hydrogen-bond acceptors (Lipinski definition) is 3. The number of hydrogen-bond donors (Lipinski definition) is 2. The van der Waals surface area contributed by atoms with Gasteiger partial charge in [0.1, 0.15) is 0 Å². The molecule has 3 N–H and O–H groups in total. The molecule has 0 saturated carbocycles. The molecule has 2 aromatic rings. The number of ketones is 1. The van der Waals surface area contributed by atoms with Gasteiger partial charge < -0.3 is 10.8 Å².